The Kier molecular flexibility index (Phi) is 25.4. The van der Waals surface area contributed by atoms with Gasteiger partial charge in [-0.05, 0) is 217 Å². The van der Waals surface area contributed by atoms with Gasteiger partial charge in [0.15, 0.2) is 11.5 Å². The van der Waals surface area contributed by atoms with Gasteiger partial charge in [0, 0.05) is 142 Å². The van der Waals surface area contributed by atoms with Crippen molar-refractivity contribution in [1.82, 2.24) is 34.9 Å². The Hall–Kier alpha value is -13.2. The second kappa shape index (κ2) is 36.1. The quantitative estimate of drug-likeness (QED) is 0.0466. The fourth-order valence-corrected chi connectivity index (χ4v) is 15.6. The molecule has 0 saturated carbocycles. The van der Waals surface area contributed by atoms with Crippen LogP contribution >= 0.6 is 0 Å². The molecule has 7 aromatic heterocycles. The monoisotopic (exact) mass is 1600 g/mol. The zero-order valence-corrected chi connectivity index (χ0v) is 71.2. The number of benzene rings is 8. The molecule has 0 unspecified atom stereocenters. The Morgan fingerprint density at radius 1 is 0.387 bits per heavy atom. The van der Waals surface area contributed by atoms with Crippen LogP contribution in [0.1, 0.15) is 184 Å². The van der Waals surface area contributed by atoms with Crippen LogP contribution in [0, 0.1) is 5.92 Å². The van der Waals surface area contributed by atoms with E-state index in [9.17, 15) is 19.2 Å². The zero-order chi connectivity index (χ0) is 84.8. The van der Waals surface area contributed by atoms with Crippen molar-refractivity contribution in [2.75, 3.05) is 75.2 Å². The van der Waals surface area contributed by atoms with Gasteiger partial charge in [0.25, 0.3) is 11.8 Å². The van der Waals surface area contributed by atoms with Crippen molar-refractivity contribution >= 4 is 129 Å². The largest absolute Gasteiger partial charge is 0.497 e. The number of urea groups is 2. The van der Waals surface area contributed by atoms with Crippen LogP contribution in [-0.2, 0) is 19.3 Å². The van der Waals surface area contributed by atoms with Gasteiger partial charge in [-0.25, -0.2) is 9.59 Å². The van der Waals surface area contributed by atoms with Gasteiger partial charge in [-0.15, -0.1) is 0 Å². The number of H-pyrrole nitrogens is 7. The summed E-state index contributed by atoms with van der Waals surface area (Å²) in [5.74, 6) is 6.53. The van der Waals surface area contributed by atoms with Gasteiger partial charge in [0.2, 0.25) is 5.75 Å². The molecule has 3 aliphatic rings. The van der Waals surface area contributed by atoms with Gasteiger partial charge in [-0.1, -0.05) is 126 Å². The van der Waals surface area contributed by atoms with Gasteiger partial charge in [-0.2, -0.15) is 0 Å². The molecule has 3 aliphatic heterocycles. The maximum atomic E-state index is 13.5. The van der Waals surface area contributed by atoms with E-state index in [-0.39, 0.29) is 17.8 Å². The standard InChI is InChI=1S/C25H25N5O2.C20H19N3O.C14H17N3O.C14H19NO3.C12H15NO.C12H16O/c1-13(2)20-11-16-14-7-9-29(22(14)5-3-18(16)27-20)24(31)21-12-17-15-8-10-30(25(26)32)23(15)6-4-19(17)28-21;1-12(2)18-11-14-9-15(7-8-17(14)22-18)21-20(24)19-10-13-5-3-4-6-16(13)23-19;1-8(2)12-7-10-9-5-6-17(14(15)18)13(9)4-3-11(10)16-12;1-8(2)10-6-9-7-11(16-3)13(17-4)14(18-5)12(9)15-10;1-8(2)12-7-9-6-10(14-3)4-5-11(9)13-12;1-10(2)7-8-11-5-4-6-12(9-11)13-3/h3-6,11-13,27-28H,7-10H2,1-2H3,(H2,26,32);3-12,22-23H,1-2H3,(H,21,24);3-4,7-8,16H,5-6H2,1-2H3,(H2,15,18);6-8,15H,1-5H3;4-8,13H,1-3H3;4-10H,1-3H3/b;;;;;8-7+. The number of amides is 6. The molecule has 0 bridgehead atoms. The highest BCUT2D eigenvalue weighted by Crippen LogP contribution is 2.45. The third-order valence-electron chi connectivity index (χ3n) is 22.2. The predicted molar refractivity (Wildman–Crippen MR) is 486 cm³/mol. The van der Waals surface area contributed by atoms with E-state index in [0.717, 1.165) is 114 Å². The number of hydrogen-bond acceptors (Lipinski definition) is 9. The number of allylic oxidation sites excluding steroid dienone is 1. The van der Waals surface area contributed by atoms with Gasteiger partial charge in [0.05, 0.1) is 41.1 Å². The lowest BCUT2D eigenvalue weighted by atomic mass is 10.1. The molecule has 22 heteroatoms. The zero-order valence-electron chi connectivity index (χ0n) is 71.2. The second-order valence-corrected chi connectivity index (χ2v) is 32.3. The summed E-state index contributed by atoms with van der Waals surface area (Å²) in [5, 5.41) is 10.8. The molecule has 18 rings (SSSR count). The highest BCUT2D eigenvalue weighted by Gasteiger charge is 2.32. The number of nitrogens with two attached hydrogens (primary N) is 2. The molecular weight excluding hydrogens is 1490 g/mol. The Labute approximate surface area is 694 Å². The van der Waals surface area contributed by atoms with Gasteiger partial charge < -0.3 is 80.3 Å². The van der Waals surface area contributed by atoms with E-state index >= 15 is 0 Å². The van der Waals surface area contributed by atoms with E-state index in [4.69, 9.17) is 35.2 Å². The fraction of sp³-hybridized carbons (Fsp3) is 0.299. The molecule has 0 aliphatic carbocycles. The number of nitrogens with one attached hydrogen (secondary N) is 8. The maximum absolute atomic E-state index is 13.5. The van der Waals surface area contributed by atoms with Crippen LogP contribution < -0.4 is 55.2 Å². The molecule has 0 fully saturated rings. The van der Waals surface area contributed by atoms with E-state index in [2.05, 4.69) is 190 Å². The Balaban J connectivity index is 0.000000127. The molecule has 8 aromatic carbocycles. The SMILES string of the molecule is CC(C)c1cc2c3c(ccc2[nH]1)N(C(=O)c1cc2c4c(ccc2[nH]1)N(C(N)=O)CC4)CC3.CC(C)c1cc2c3c(ccc2[nH]1)N(C(N)=O)CC3.CC(C)c1cc2cc(NC(=O)c3cc4ccccc4[nH]3)ccc2[nH]1.COc1cc2cc(C(C)C)[nH]c2c(OC)c1OC.COc1ccc2[nH]c(C(C)C)cc2c1.COc1cccc(/C=C/C(C)C)c1. The van der Waals surface area contributed by atoms with Crippen LogP contribution in [0.4, 0.5) is 32.3 Å². The highest BCUT2D eigenvalue weighted by molar-refractivity contribution is 6.12. The summed E-state index contributed by atoms with van der Waals surface area (Å²) in [6, 6.07) is 55.7. The van der Waals surface area contributed by atoms with Crippen molar-refractivity contribution in [2.24, 2.45) is 17.4 Å². The number of hydrogen-bond donors (Lipinski definition) is 10. The van der Waals surface area contributed by atoms with Crippen LogP contribution in [0.5, 0.6) is 28.7 Å². The summed E-state index contributed by atoms with van der Waals surface area (Å²) >= 11 is 0. The maximum Gasteiger partial charge on any atom is 0.319 e. The molecule has 0 radical (unpaired) electrons. The van der Waals surface area contributed by atoms with Crippen molar-refractivity contribution in [2.45, 2.75) is 132 Å². The number of carbonyl (C=O) groups is 4. The van der Waals surface area contributed by atoms with Crippen LogP contribution in [0.15, 0.2) is 176 Å². The summed E-state index contributed by atoms with van der Waals surface area (Å²) in [4.78, 5) is 77.7. The van der Waals surface area contributed by atoms with Crippen LogP contribution in [0.2, 0.25) is 0 Å². The van der Waals surface area contributed by atoms with E-state index in [0.29, 0.717) is 83.8 Å². The number of carbonyl (C=O) groups excluding carboxylic acids is 4. The Bertz CT molecular complexity index is 6200. The number of primary amides is 2. The summed E-state index contributed by atoms with van der Waals surface area (Å²) in [6.45, 7) is 27.9. The number of rotatable bonds is 15. The fourth-order valence-electron chi connectivity index (χ4n) is 15.6. The number of aromatic nitrogens is 7. The molecule has 15 aromatic rings. The molecule has 12 N–H and O–H groups in total. The van der Waals surface area contributed by atoms with E-state index in [1.807, 2.05) is 120 Å². The molecule has 0 spiro atoms. The first-order chi connectivity index (χ1) is 57.1. The lowest BCUT2D eigenvalue weighted by Gasteiger charge is -2.16. The van der Waals surface area contributed by atoms with Crippen LogP contribution in [0.3, 0.4) is 0 Å². The molecule has 618 valence electrons. The number of methoxy groups -OCH3 is 5. The minimum atomic E-state index is -0.444. The van der Waals surface area contributed by atoms with Crippen molar-refractivity contribution in [1.29, 1.82) is 0 Å². The van der Waals surface area contributed by atoms with Gasteiger partial charge in [-0.3, -0.25) is 19.4 Å². The van der Waals surface area contributed by atoms with Crippen LogP contribution in [0.25, 0.3) is 82.4 Å². The Morgan fingerprint density at radius 3 is 1.36 bits per heavy atom. The van der Waals surface area contributed by atoms with Crippen molar-refractivity contribution in [3.63, 3.8) is 0 Å². The first-order valence-corrected chi connectivity index (χ1v) is 40.9. The minimum Gasteiger partial charge on any atom is -0.497 e. The van der Waals surface area contributed by atoms with Crippen molar-refractivity contribution < 1.29 is 42.9 Å². The smallest absolute Gasteiger partial charge is 0.319 e. The topological polar surface area (TPSA) is 299 Å². The first kappa shape index (κ1) is 83.7. The molecular formula is C97H111N13O9. The summed E-state index contributed by atoms with van der Waals surface area (Å²) in [7, 11) is 8.24. The average Bonchev–Trinajstić information content (AvgIpc) is 1.60. The number of ether oxygens (including phenoxy) is 5. The third-order valence-corrected chi connectivity index (χ3v) is 22.2. The van der Waals surface area contributed by atoms with E-state index in [1.54, 1.807) is 45.3 Å². The molecule has 10 heterocycles. The number of para-hydroxylation sites is 1. The summed E-state index contributed by atoms with van der Waals surface area (Å²) < 4.78 is 26.5. The second-order valence-electron chi connectivity index (χ2n) is 32.3. The lowest BCUT2D eigenvalue weighted by molar-refractivity contribution is 0.0983. The summed E-state index contributed by atoms with van der Waals surface area (Å²) in [5.41, 5.74) is 33.7. The Morgan fingerprint density at radius 2 is 0.840 bits per heavy atom. The van der Waals surface area contributed by atoms with E-state index in [1.165, 1.54) is 66.8 Å². The molecule has 0 atom stereocenters. The van der Waals surface area contributed by atoms with E-state index < -0.39 is 6.03 Å². The molecule has 0 saturated heterocycles. The number of fused-ring (bicyclic) bond motifs is 13. The number of anilines is 4. The first-order valence-electron chi connectivity index (χ1n) is 40.9. The minimum absolute atomic E-state index is 0.0302. The molecule has 22 nitrogen and oxygen atoms in total. The van der Waals surface area contributed by atoms with Crippen molar-refractivity contribution in [3.8, 4) is 28.7 Å². The lowest BCUT2D eigenvalue weighted by Crippen LogP contribution is -2.33. The van der Waals surface area contributed by atoms with Crippen molar-refractivity contribution in [3.05, 3.63) is 238 Å². The van der Waals surface area contributed by atoms with Gasteiger partial charge >= 0.3 is 12.1 Å². The number of nitrogens with zero attached hydrogens (tertiary/aromatic N) is 3. The highest BCUT2D eigenvalue weighted by atomic mass is 16.5. The number of aromatic amines is 7. The molecule has 119 heavy (non-hydrogen) atoms. The van der Waals surface area contributed by atoms with Crippen LogP contribution in [-0.4, -0.2) is 114 Å². The third kappa shape index (κ3) is 18.2. The summed E-state index contributed by atoms with van der Waals surface area (Å²) in [6.07, 6.45) is 6.75. The molecule has 6 amide bonds. The predicted octanol–water partition coefficient (Wildman–Crippen LogP) is 22.2. The van der Waals surface area contributed by atoms with Gasteiger partial charge in [0.1, 0.15) is 22.9 Å². The normalized spacial score (nSPS) is 12.8. The average molecular weight is 1600 g/mol.